The molecule has 0 radical (unpaired) electrons. The molecule has 2 amide bonds. The van der Waals surface area contributed by atoms with Crippen LogP contribution in [0, 0.1) is 0 Å². The van der Waals surface area contributed by atoms with E-state index in [-0.39, 0.29) is 13.2 Å². The van der Waals surface area contributed by atoms with Crippen molar-refractivity contribution in [3.8, 4) is 5.75 Å². The molecule has 2 rings (SSSR count). The fourth-order valence-electron chi connectivity index (χ4n) is 1.86. The summed E-state index contributed by atoms with van der Waals surface area (Å²) in [6.07, 6.45) is 0. The molecule has 0 bridgehead atoms. The summed E-state index contributed by atoms with van der Waals surface area (Å²) in [6.45, 7) is -1.16. The van der Waals surface area contributed by atoms with E-state index in [2.05, 4.69) is 10.6 Å². The maximum absolute atomic E-state index is 11.8. The lowest BCUT2D eigenvalue weighted by molar-refractivity contribution is -0.147. The van der Waals surface area contributed by atoms with Crippen molar-refractivity contribution in [2.45, 2.75) is 0 Å². The first-order chi connectivity index (χ1) is 12.9. The van der Waals surface area contributed by atoms with Crippen LogP contribution in [0.25, 0.3) is 0 Å². The summed E-state index contributed by atoms with van der Waals surface area (Å²) < 4.78 is 10.0. The molecule has 0 saturated carbocycles. The molecular weight excluding hydrogens is 395 g/mol. The van der Waals surface area contributed by atoms with Crippen LogP contribution in [-0.4, -0.2) is 37.5 Å². The number of rotatable bonds is 8. The predicted molar refractivity (Wildman–Crippen MR) is 101 cm³/mol. The second-order valence-corrected chi connectivity index (χ2v) is 6.06. The third-order valence-corrected chi connectivity index (χ3v) is 3.67. The van der Waals surface area contributed by atoms with Gasteiger partial charge in [-0.1, -0.05) is 41.4 Å². The zero-order valence-electron chi connectivity index (χ0n) is 14.0. The van der Waals surface area contributed by atoms with Crippen molar-refractivity contribution in [2.75, 3.05) is 25.1 Å². The van der Waals surface area contributed by atoms with Crippen molar-refractivity contribution in [3.63, 3.8) is 0 Å². The van der Waals surface area contributed by atoms with Crippen molar-refractivity contribution in [1.82, 2.24) is 5.32 Å². The fourth-order valence-corrected chi connectivity index (χ4v) is 2.20. The number of anilines is 1. The maximum Gasteiger partial charge on any atom is 0.325 e. The monoisotopic (exact) mass is 410 g/mol. The molecule has 9 heteroatoms. The van der Waals surface area contributed by atoms with Gasteiger partial charge in [0, 0.05) is 5.02 Å². The number of ether oxygens (including phenoxy) is 2. The Morgan fingerprint density at radius 3 is 2.41 bits per heavy atom. The highest BCUT2D eigenvalue weighted by atomic mass is 35.5. The van der Waals surface area contributed by atoms with Crippen LogP contribution in [0.4, 0.5) is 5.69 Å². The Kier molecular flexibility index (Phi) is 7.91. The summed E-state index contributed by atoms with van der Waals surface area (Å²) in [7, 11) is 0. The average molecular weight is 411 g/mol. The predicted octanol–water partition coefficient (Wildman–Crippen LogP) is 2.67. The zero-order chi connectivity index (χ0) is 19.6. The van der Waals surface area contributed by atoms with Gasteiger partial charge in [0.2, 0.25) is 0 Å². The number of carbonyl (C=O) groups is 3. The number of benzene rings is 2. The SMILES string of the molecule is O=C(COc1ccccc1)NCC(=O)OCC(=O)Nc1cc(Cl)ccc1Cl. The number of nitrogens with one attached hydrogen (secondary N) is 2. The number of amides is 2. The van der Waals surface area contributed by atoms with Crippen molar-refractivity contribution in [3.05, 3.63) is 58.6 Å². The van der Waals surface area contributed by atoms with Gasteiger partial charge in [-0.2, -0.15) is 0 Å². The molecule has 2 aromatic rings. The van der Waals surface area contributed by atoms with E-state index in [4.69, 9.17) is 32.7 Å². The van der Waals surface area contributed by atoms with Crippen LogP contribution in [0.3, 0.4) is 0 Å². The molecule has 0 unspecified atom stereocenters. The Bertz CT molecular complexity index is 815. The van der Waals surface area contributed by atoms with E-state index in [9.17, 15) is 14.4 Å². The summed E-state index contributed by atoms with van der Waals surface area (Å²) in [5.41, 5.74) is 0.302. The molecule has 27 heavy (non-hydrogen) atoms. The summed E-state index contributed by atoms with van der Waals surface area (Å²) in [5.74, 6) is -1.32. The standard InChI is InChI=1S/C18H16Cl2N2O5/c19-12-6-7-14(20)15(8-12)22-17(24)11-27-18(25)9-21-16(23)10-26-13-4-2-1-3-5-13/h1-8H,9-11H2,(H,21,23)(H,22,24). The molecule has 2 N–H and O–H groups in total. The molecule has 2 aromatic carbocycles. The smallest absolute Gasteiger partial charge is 0.325 e. The quantitative estimate of drug-likeness (QED) is 0.652. The third kappa shape index (κ3) is 7.55. The molecule has 0 spiro atoms. The minimum Gasteiger partial charge on any atom is -0.484 e. The lowest BCUT2D eigenvalue weighted by Crippen LogP contribution is -2.35. The summed E-state index contributed by atoms with van der Waals surface area (Å²) in [6, 6.07) is 13.3. The minimum absolute atomic E-state index is 0.245. The van der Waals surface area contributed by atoms with Crippen LogP contribution in [0.2, 0.25) is 10.0 Å². The first kappa shape index (κ1) is 20.5. The summed E-state index contributed by atoms with van der Waals surface area (Å²) >= 11 is 11.7. The molecule has 0 aliphatic carbocycles. The first-order valence-electron chi connectivity index (χ1n) is 7.79. The van der Waals surface area contributed by atoms with Gasteiger partial charge in [0.05, 0.1) is 10.7 Å². The number of para-hydroxylation sites is 1. The third-order valence-electron chi connectivity index (χ3n) is 3.11. The highest BCUT2D eigenvalue weighted by Gasteiger charge is 2.11. The van der Waals surface area contributed by atoms with Gasteiger partial charge in [0.15, 0.2) is 13.2 Å². The van der Waals surface area contributed by atoms with Gasteiger partial charge in [-0.3, -0.25) is 14.4 Å². The van der Waals surface area contributed by atoms with Crippen molar-refractivity contribution in [1.29, 1.82) is 0 Å². The van der Waals surface area contributed by atoms with Crippen molar-refractivity contribution < 1.29 is 23.9 Å². The Labute approximate surface area is 165 Å². The Balaban J connectivity index is 1.65. The molecule has 142 valence electrons. The van der Waals surface area contributed by atoms with Crippen LogP contribution in [-0.2, 0) is 19.1 Å². The van der Waals surface area contributed by atoms with E-state index in [1.54, 1.807) is 30.3 Å². The molecule has 0 atom stereocenters. The molecule has 0 aliphatic heterocycles. The number of hydrogen-bond acceptors (Lipinski definition) is 5. The molecular formula is C18H16Cl2N2O5. The summed E-state index contributed by atoms with van der Waals surface area (Å²) in [5, 5.41) is 5.50. The normalized spacial score (nSPS) is 10.0. The minimum atomic E-state index is -0.768. The topological polar surface area (TPSA) is 93.7 Å². The van der Waals surface area contributed by atoms with Gasteiger partial charge >= 0.3 is 5.97 Å². The zero-order valence-corrected chi connectivity index (χ0v) is 15.5. The Hall–Kier alpha value is -2.77. The van der Waals surface area contributed by atoms with E-state index >= 15 is 0 Å². The lowest BCUT2D eigenvalue weighted by atomic mass is 10.3. The second kappa shape index (κ2) is 10.4. The van der Waals surface area contributed by atoms with E-state index in [0.717, 1.165) is 0 Å². The van der Waals surface area contributed by atoms with Gasteiger partial charge in [-0.25, -0.2) is 0 Å². The lowest BCUT2D eigenvalue weighted by Gasteiger charge is -2.09. The fraction of sp³-hybridized carbons (Fsp3) is 0.167. The van der Waals surface area contributed by atoms with E-state index in [0.29, 0.717) is 21.5 Å². The van der Waals surface area contributed by atoms with Gasteiger partial charge in [-0.15, -0.1) is 0 Å². The number of carbonyl (C=O) groups excluding carboxylic acids is 3. The summed E-state index contributed by atoms with van der Waals surface area (Å²) in [4.78, 5) is 35.0. The average Bonchev–Trinajstić information content (AvgIpc) is 2.66. The van der Waals surface area contributed by atoms with Crippen LogP contribution in [0.5, 0.6) is 5.75 Å². The highest BCUT2D eigenvalue weighted by molar-refractivity contribution is 6.35. The molecule has 0 aliphatic rings. The van der Waals surface area contributed by atoms with Gasteiger partial charge in [0.1, 0.15) is 12.3 Å². The van der Waals surface area contributed by atoms with Crippen LogP contribution >= 0.6 is 23.2 Å². The van der Waals surface area contributed by atoms with Crippen molar-refractivity contribution >= 4 is 46.7 Å². The molecule has 0 saturated heterocycles. The molecule has 0 aromatic heterocycles. The van der Waals surface area contributed by atoms with E-state index in [1.807, 2.05) is 6.07 Å². The number of halogens is 2. The van der Waals surface area contributed by atoms with E-state index < -0.39 is 24.4 Å². The first-order valence-corrected chi connectivity index (χ1v) is 8.54. The second-order valence-electron chi connectivity index (χ2n) is 5.21. The Morgan fingerprint density at radius 1 is 0.926 bits per heavy atom. The Morgan fingerprint density at radius 2 is 1.67 bits per heavy atom. The van der Waals surface area contributed by atoms with E-state index in [1.165, 1.54) is 12.1 Å². The van der Waals surface area contributed by atoms with Crippen LogP contribution < -0.4 is 15.4 Å². The molecule has 0 heterocycles. The van der Waals surface area contributed by atoms with Gasteiger partial charge < -0.3 is 20.1 Å². The molecule has 7 nitrogen and oxygen atoms in total. The number of hydrogen-bond donors (Lipinski definition) is 2. The van der Waals surface area contributed by atoms with Crippen LogP contribution in [0.1, 0.15) is 0 Å². The molecule has 0 fully saturated rings. The van der Waals surface area contributed by atoms with Gasteiger partial charge in [-0.05, 0) is 30.3 Å². The van der Waals surface area contributed by atoms with Crippen LogP contribution in [0.15, 0.2) is 48.5 Å². The largest absolute Gasteiger partial charge is 0.484 e. The van der Waals surface area contributed by atoms with Crippen molar-refractivity contribution in [2.24, 2.45) is 0 Å². The highest BCUT2D eigenvalue weighted by Crippen LogP contribution is 2.25. The number of esters is 1. The van der Waals surface area contributed by atoms with Gasteiger partial charge in [0.25, 0.3) is 11.8 Å². The maximum atomic E-state index is 11.8.